The predicted octanol–water partition coefficient (Wildman–Crippen LogP) is 3.11. The minimum Gasteiger partial charge on any atom is -0.372 e. The molecule has 0 fully saturated rings. The van der Waals surface area contributed by atoms with E-state index in [1.807, 2.05) is 37.3 Å². The first-order valence-corrected chi connectivity index (χ1v) is 6.65. The standard InChI is InChI=1S/C16H19FN2O/c1-2-20-16(12-8-4-3-5-9-12)15(19-18)13-10-6-7-11-14(13)17/h3-11,15-16,19H,2,18H2,1H3. The third-order valence-corrected chi connectivity index (χ3v) is 3.20. The maximum atomic E-state index is 14.0. The van der Waals surface area contributed by atoms with Crippen LogP contribution in [0, 0.1) is 5.82 Å². The Kier molecular flexibility index (Phi) is 5.24. The van der Waals surface area contributed by atoms with Crippen molar-refractivity contribution in [2.75, 3.05) is 6.61 Å². The van der Waals surface area contributed by atoms with Crippen molar-refractivity contribution in [3.8, 4) is 0 Å². The first-order valence-electron chi connectivity index (χ1n) is 6.65. The van der Waals surface area contributed by atoms with Crippen LogP contribution in [0.5, 0.6) is 0 Å². The smallest absolute Gasteiger partial charge is 0.128 e. The molecule has 2 aromatic carbocycles. The quantitative estimate of drug-likeness (QED) is 0.628. The molecule has 0 amide bonds. The Morgan fingerprint density at radius 2 is 1.75 bits per heavy atom. The summed E-state index contributed by atoms with van der Waals surface area (Å²) in [4.78, 5) is 0. The van der Waals surface area contributed by atoms with Crippen LogP contribution < -0.4 is 11.3 Å². The summed E-state index contributed by atoms with van der Waals surface area (Å²) in [6.07, 6.45) is -0.344. The number of nitrogens with two attached hydrogens (primary N) is 1. The van der Waals surface area contributed by atoms with Gasteiger partial charge in [-0.25, -0.2) is 9.82 Å². The summed E-state index contributed by atoms with van der Waals surface area (Å²) in [5.41, 5.74) is 4.13. The van der Waals surface area contributed by atoms with Crippen LogP contribution in [0.25, 0.3) is 0 Å². The van der Waals surface area contributed by atoms with Crippen LogP contribution >= 0.6 is 0 Å². The van der Waals surface area contributed by atoms with E-state index >= 15 is 0 Å². The average molecular weight is 274 g/mol. The van der Waals surface area contributed by atoms with Crippen molar-refractivity contribution in [3.63, 3.8) is 0 Å². The van der Waals surface area contributed by atoms with Crippen LogP contribution in [0.2, 0.25) is 0 Å². The fourth-order valence-electron chi connectivity index (χ4n) is 2.27. The van der Waals surface area contributed by atoms with Crippen molar-refractivity contribution in [2.45, 2.75) is 19.1 Å². The topological polar surface area (TPSA) is 47.3 Å². The second kappa shape index (κ2) is 7.14. The van der Waals surface area contributed by atoms with Crippen molar-refractivity contribution in [2.24, 2.45) is 5.84 Å². The van der Waals surface area contributed by atoms with E-state index in [4.69, 9.17) is 10.6 Å². The van der Waals surface area contributed by atoms with Gasteiger partial charge in [-0.15, -0.1) is 0 Å². The Morgan fingerprint density at radius 1 is 1.10 bits per heavy atom. The van der Waals surface area contributed by atoms with Gasteiger partial charge >= 0.3 is 0 Å². The minimum atomic E-state index is -0.446. The highest BCUT2D eigenvalue weighted by Gasteiger charge is 2.26. The summed E-state index contributed by atoms with van der Waals surface area (Å²) >= 11 is 0. The van der Waals surface area contributed by atoms with Crippen LogP contribution in [0.15, 0.2) is 54.6 Å². The van der Waals surface area contributed by atoms with Crippen LogP contribution in [0.3, 0.4) is 0 Å². The monoisotopic (exact) mass is 274 g/mol. The minimum absolute atomic E-state index is 0.295. The van der Waals surface area contributed by atoms with E-state index in [0.29, 0.717) is 12.2 Å². The summed E-state index contributed by atoms with van der Waals surface area (Å²) < 4.78 is 19.8. The van der Waals surface area contributed by atoms with Gasteiger partial charge in [0.1, 0.15) is 11.9 Å². The molecule has 0 heterocycles. The van der Waals surface area contributed by atoms with E-state index in [9.17, 15) is 4.39 Å². The van der Waals surface area contributed by atoms with Crippen molar-refractivity contribution in [1.82, 2.24) is 5.43 Å². The van der Waals surface area contributed by atoms with E-state index in [-0.39, 0.29) is 11.9 Å². The molecule has 4 heteroatoms. The van der Waals surface area contributed by atoms with Gasteiger partial charge in [-0.05, 0) is 18.6 Å². The normalized spacial score (nSPS) is 13.9. The summed E-state index contributed by atoms with van der Waals surface area (Å²) in [7, 11) is 0. The molecule has 0 spiro atoms. The lowest BCUT2D eigenvalue weighted by molar-refractivity contribution is 0.0317. The molecule has 3 N–H and O–H groups in total. The summed E-state index contributed by atoms with van der Waals surface area (Å²) in [6.45, 7) is 2.43. The van der Waals surface area contributed by atoms with Crippen LogP contribution in [-0.4, -0.2) is 6.61 Å². The highest BCUT2D eigenvalue weighted by Crippen LogP contribution is 2.32. The molecule has 3 nitrogen and oxygen atoms in total. The maximum absolute atomic E-state index is 14.0. The highest BCUT2D eigenvalue weighted by atomic mass is 19.1. The van der Waals surface area contributed by atoms with Crippen molar-refractivity contribution in [1.29, 1.82) is 0 Å². The van der Waals surface area contributed by atoms with Gasteiger partial charge in [-0.1, -0.05) is 48.5 Å². The van der Waals surface area contributed by atoms with Gasteiger partial charge in [0, 0.05) is 12.2 Å². The molecule has 20 heavy (non-hydrogen) atoms. The Balaban J connectivity index is 2.38. The fourth-order valence-corrected chi connectivity index (χ4v) is 2.27. The van der Waals surface area contributed by atoms with Crippen LogP contribution in [0.4, 0.5) is 4.39 Å². The third kappa shape index (κ3) is 3.22. The van der Waals surface area contributed by atoms with E-state index < -0.39 is 6.04 Å². The van der Waals surface area contributed by atoms with Gasteiger partial charge in [-0.3, -0.25) is 5.84 Å². The molecule has 0 aliphatic rings. The Hall–Kier alpha value is -1.75. The summed E-state index contributed by atoms with van der Waals surface area (Å²) in [6, 6.07) is 15.8. The predicted molar refractivity (Wildman–Crippen MR) is 77.3 cm³/mol. The second-order valence-electron chi connectivity index (χ2n) is 4.45. The van der Waals surface area contributed by atoms with E-state index in [2.05, 4.69) is 5.43 Å². The molecule has 106 valence electrons. The Labute approximate surface area is 118 Å². The SMILES string of the molecule is CCOC(c1ccccc1)C(NN)c1ccccc1F. The molecule has 2 atom stereocenters. The zero-order valence-electron chi connectivity index (χ0n) is 11.4. The number of hydrogen-bond acceptors (Lipinski definition) is 3. The number of halogens is 1. The highest BCUT2D eigenvalue weighted by molar-refractivity contribution is 5.27. The fraction of sp³-hybridized carbons (Fsp3) is 0.250. The lowest BCUT2D eigenvalue weighted by atomic mass is 9.95. The van der Waals surface area contributed by atoms with E-state index in [0.717, 1.165) is 5.56 Å². The van der Waals surface area contributed by atoms with Gasteiger partial charge in [-0.2, -0.15) is 0 Å². The summed E-state index contributed by atoms with van der Waals surface area (Å²) in [5.74, 6) is 5.35. The molecule has 0 radical (unpaired) electrons. The van der Waals surface area contributed by atoms with Gasteiger partial charge in [0.15, 0.2) is 0 Å². The van der Waals surface area contributed by atoms with Gasteiger partial charge in [0.25, 0.3) is 0 Å². The first-order chi connectivity index (χ1) is 9.77. The lowest BCUT2D eigenvalue weighted by Gasteiger charge is -2.27. The van der Waals surface area contributed by atoms with Gasteiger partial charge in [0.2, 0.25) is 0 Å². The molecular formula is C16H19FN2O. The molecule has 2 rings (SSSR count). The van der Waals surface area contributed by atoms with Gasteiger partial charge < -0.3 is 4.74 Å². The van der Waals surface area contributed by atoms with Crippen LogP contribution in [0.1, 0.15) is 30.2 Å². The van der Waals surface area contributed by atoms with E-state index in [1.165, 1.54) is 6.07 Å². The zero-order chi connectivity index (χ0) is 14.4. The number of rotatable bonds is 6. The number of nitrogens with one attached hydrogen (secondary N) is 1. The third-order valence-electron chi connectivity index (χ3n) is 3.20. The molecule has 2 unspecified atom stereocenters. The zero-order valence-corrected chi connectivity index (χ0v) is 11.4. The molecule has 0 aliphatic heterocycles. The van der Waals surface area contributed by atoms with Crippen molar-refractivity contribution < 1.29 is 9.13 Å². The number of benzene rings is 2. The molecule has 0 saturated carbocycles. The van der Waals surface area contributed by atoms with Crippen molar-refractivity contribution >= 4 is 0 Å². The van der Waals surface area contributed by atoms with E-state index in [1.54, 1.807) is 18.2 Å². The molecule has 2 aromatic rings. The van der Waals surface area contributed by atoms with Gasteiger partial charge in [0.05, 0.1) is 6.04 Å². The molecule has 0 bridgehead atoms. The largest absolute Gasteiger partial charge is 0.372 e. The number of ether oxygens (including phenoxy) is 1. The summed E-state index contributed by atoms with van der Waals surface area (Å²) in [5, 5.41) is 0. The molecule has 0 aromatic heterocycles. The maximum Gasteiger partial charge on any atom is 0.128 e. The molecule has 0 saturated heterocycles. The molecule has 0 aliphatic carbocycles. The van der Waals surface area contributed by atoms with Crippen LogP contribution in [-0.2, 0) is 4.74 Å². The number of hydrogen-bond donors (Lipinski definition) is 2. The second-order valence-corrected chi connectivity index (χ2v) is 4.45. The first kappa shape index (κ1) is 14.7. The van der Waals surface area contributed by atoms with Crippen molar-refractivity contribution in [3.05, 3.63) is 71.5 Å². The molecular weight excluding hydrogens is 255 g/mol. The Bertz CT molecular complexity index is 533. The number of hydrazine groups is 1. The average Bonchev–Trinajstić information content (AvgIpc) is 2.50. The Morgan fingerprint density at radius 3 is 2.35 bits per heavy atom. The lowest BCUT2D eigenvalue weighted by Crippen LogP contribution is -2.34.